The van der Waals surface area contributed by atoms with Crippen LogP contribution in [-0.4, -0.2) is 27.0 Å². The molecule has 0 saturated carbocycles. The summed E-state index contributed by atoms with van der Waals surface area (Å²) in [4.78, 5) is 1.28. The van der Waals surface area contributed by atoms with Gasteiger partial charge < -0.3 is 5.32 Å². The van der Waals surface area contributed by atoms with Crippen LogP contribution >= 0.6 is 11.3 Å². The van der Waals surface area contributed by atoms with Gasteiger partial charge in [-0.05, 0) is 30.9 Å². The van der Waals surface area contributed by atoms with E-state index in [0.717, 1.165) is 0 Å². The molecule has 15 heavy (non-hydrogen) atoms. The van der Waals surface area contributed by atoms with Crippen molar-refractivity contribution in [2.45, 2.75) is 19.9 Å². The van der Waals surface area contributed by atoms with E-state index in [4.69, 9.17) is 0 Å². The summed E-state index contributed by atoms with van der Waals surface area (Å²) in [5.74, 6) is 0.196. The maximum Gasteiger partial charge on any atom is 0.148 e. The molecule has 0 amide bonds. The quantitative estimate of drug-likeness (QED) is 0.862. The largest absolute Gasteiger partial charge is 0.308 e. The van der Waals surface area contributed by atoms with Gasteiger partial charge in [-0.2, -0.15) is 0 Å². The van der Waals surface area contributed by atoms with E-state index < -0.39 is 9.84 Å². The van der Waals surface area contributed by atoms with Crippen LogP contribution in [0, 0.1) is 6.92 Å². The van der Waals surface area contributed by atoms with Crippen LogP contribution in [-0.2, 0) is 9.84 Å². The minimum absolute atomic E-state index is 0.196. The third kappa shape index (κ3) is 4.32. The molecule has 1 aromatic heterocycles. The molecule has 1 atom stereocenters. The SMILES string of the molecule is Cc1ccsc1C(C)NCCS(C)(=O)=O. The topological polar surface area (TPSA) is 46.2 Å². The average molecular weight is 247 g/mol. The molecule has 0 aliphatic carbocycles. The van der Waals surface area contributed by atoms with Crippen molar-refractivity contribution in [3.8, 4) is 0 Å². The number of rotatable bonds is 5. The molecule has 0 saturated heterocycles. The molecule has 1 unspecified atom stereocenters. The molecule has 1 rings (SSSR count). The standard InChI is InChI=1S/C10H17NO2S2/c1-8-4-6-14-10(8)9(2)11-5-7-15(3,12)13/h4,6,9,11H,5,7H2,1-3H3. The van der Waals surface area contributed by atoms with Gasteiger partial charge in [0.2, 0.25) is 0 Å². The Labute approximate surface area is 95.4 Å². The predicted octanol–water partition coefficient (Wildman–Crippen LogP) is 1.75. The first-order valence-corrected chi connectivity index (χ1v) is 7.79. The monoisotopic (exact) mass is 247 g/mol. The lowest BCUT2D eigenvalue weighted by atomic mass is 10.2. The molecule has 0 spiro atoms. The van der Waals surface area contributed by atoms with E-state index in [1.165, 1.54) is 16.7 Å². The normalized spacial score (nSPS) is 14.1. The van der Waals surface area contributed by atoms with Gasteiger partial charge in [0.25, 0.3) is 0 Å². The Bertz CT molecular complexity index is 409. The summed E-state index contributed by atoms with van der Waals surface area (Å²) in [6.07, 6.45) is 1.26. The summed E-state index contributed by atoms with van der Waals surface area (Å²) < 4.78 is 21.9. The van der Waals surface area contributed by atoms with Crippen molar-refractivity contribution in [3.63, 3.8) is 0 Å². The number of sulfone groups is 1. The average Bonchev–Trinajstić information content (AvgIpc) is 2.48. The number of thiophene rings is 1. The molecule has 1 heterocycles. The molecule has 0 radical (unpaired) electrons. The highest BCUT2D eigenvalue weighted by Crippen LogP contribution is 2.22. The van der Waals surface area contributed by atoms with Crippen LogP contribution in [0.3, 0.4) is 0 Å². The van der Waals surface area contributed by atoms with E-state index >= 15 is 0 Å². The third-order valence-electron chi connectivity index (χ3n) is 2.22. The highest BCUT2D eigenvalue weighted by atomic mass is 32.2. The highest BCUT2D eigenvalue weighted by molar-refractivity contribution is 7.90. The Balaban J connectivity index is 2.44. The van der Waals surface area contributed by atoms with E-state index in [0.29, 0.717) is 6.54 Å². The second-order valence-electron chi connectivity index (χ2n) is 3.77. The fourth-order valence-electron chi connectivity index (χ4n) is 1.38. The Morgan fingerprint density at radius 3 is 2.67 bits per heavy atom. The predicted molar refractivity (Wildman–Crippen MR) is 65.2 cm³/mol. The minimum atomic E-state index is -2.86. The zero-order valence-corrected chi connectivity index (χ0v) is 10.9. The zero-order valence-electron chi connectivity index (χ0n) is 9.28. The zero-order chi connectivity index (χ0) is 11.5. The van der Waals surface area contributed by atoms with Gasteiger partial charge in [-0.15, -0.1) is 11.3 Å². The third-order valence-corrected chi connectivity index (χ3v) is 4.37. The lowest BCUT2D eigenvalue weighted by molar-refractivity contribution is 0.579. The molecule has 86 valence electrons. The molecular formula is C10H17NO2S2. The lowest BCUT2D eigenvalue weighted by Crippen LogP contribution is -2.25. The molecule has 0 bridgehead atoms. The van der Waals surface area contributed by atoms with Crippen molar-refractivity contribution in [2.24, 2.45) is 0 Å². The first-order chi connectivity index (χ1) is 6.90. The molecular weight excluding hydrogens is 230 g/mol. The van der Waals surface area contributed by atoms with E-state index in [9.17, 15) is 8.42 Å². The van der Waals surface area contributed by atoms with Crippen LogP contribution in [0.5, 0.6) is 0 Å². The highest BCUT2D eigenvalue weighted by Gasteiger charge is 2.10. The van der Waals surface area contributed by atoms with Crippen LogP contribution < -0.4 is 5.32 Å². The smallest absolute Gasteiger partial charge is 0.148 e. The first kappa shape index (κ1) is 12.7. The summed E-state index contributed by atoms with van der Waals surface area (Å²) in [5.41, 5.74) is 1.26. The number of aryl methyl sites for hydroxylation is 1. The Hall–Kier alpha value is -0.390. The Morgan fingerprint density at radius 1 is 1.53 bits per heavy atom. The summed E-state index contributed by atoms with van der Waals surface area (Å²) in [6, 6.07) is 2.31. The molecule has 0 fully saturated rings. The molecule has 0 aromatic carbocycles. The minimum Gasteiger partial charge on any atom is -0.308 e. The fourth-order valence-corrected chi connectivity index (χ4v) is 2.83. The first-order valence-electron chi connectivity index (χ1n) is 4.85. The molecule has 3 nitrogen and oxygen atoms in total. The van der Waals surface area contributed by atoms with E-state index in [-0.39, 0.29) is 11.8 Å². The summed E-state index contributed by atoms with van der Waals surface area (Å²) in [6.45, 7) is 4.64. The van der Waals surface area contributed by atoms with E-state index in [2.05, 4.69) is 30.6 Å². The second-order valence-corrected chi connectivity index (χ2v) is 6.98. The molecule has 1 N–H and O–H groups in total. The lowest BCUT2D eigenvalue weighted by Gasteiger charge is -2.12. The van der Waals surface area contributed by atoms with E-state index in [1.807, 2.05) is 0 Å². The van der Waals surface area contributed by atoms with E-state index in [1.54, 1.807) is 11.3 Å². The molecule has 0 aliphatic heterocycles. The van der Waals surface area contributed by atoms with Crippen molar-refractivity contribution in [3.05, 3.63) is 21.9 Å². The maximum absolute atomic E-state index is 10.9. The Kier molecular flexibility index (Phi) is 4.31. The van der Waals surface area contributed by atoms with Gasteiger partial charge in [-0.25, -0.2) is 8.42 Å². The Morgan fingerprint density at radius 2 is 2.20 bits per heavy atom. The van der Waals surface area contributed by atoms with Crippen molar-refractivity contribution in [2.75, 3.05) is 18.6 Å². The van der Waals surface area contributed by atoms with Gasteiger partial charge in [0.05, 0.1) is 5.75 Å². The van der Waals surface area contributed by atoms with Crippen LogP contribution in [0.1, 0.15) is 23.4 Å². The molecule has 1 aromatic rings. The van der Waals surface area contributed by atoms with Crippen LogP contribution in [0.4, 0.5) is 0 Å². The number of nitrogens with one attached hydrogen (secondary N) is 1. The van der Waals surface area contributed by atoms with Crippen LogP contribution in [0.2, 0.25) is 0 Å². The van der Waals surface area contributed by atoms with Gasteiger partial charge >= 0.3 is 0 Å². The number of hydrogen-bond acceptors (Lipinski definition) is 4. The van der Waals surface area contributed by atoms with Crippen LogP contribution in [0.25, 0.3) is 0 Å². The van der Waals surface area contributed by atoms with Gasteiger partial charge in [0, 0.05) is 23.7 Å². The summed E-state index contributed by atoms with van der Waals surface area (Å²) >= 11 is 1.70. The van der Waals surface area contributed by atoms with Crippen molar-refractivity contribution < 1.29 is 8.42 Å². The molecule has 0 aliphatic rings. The van der Waals surface area contributed by atoms with Crippen molar-refractivity contribution in [1.82, 2.24) is 5.32 Å². The summed E-state index contributed by atoms with van der Waals surface area (Å²) in [7, 11) is -2.86. The van der Waals surface area contributed by atoms with Gasteiger partial charge in [0.15, 0.2) is 0 Å². The molecule has 5 heteroatoms. The van der Waals surface area contributed by atoms with Crippen LogP contribution in [0.15, 0.2) is 11.4 Å². The summed E-state index contributed by atoms with van der Waals surface area (Å²) in [5, 5.41) is 5.27. The van der Waals surface area contributed by atoms with Crippen molar-refractivity contribution in [1.29, 1.82) is 0 Å². The van der Waals surface area contributed by atoms with Gasteiger partial charge in [0.1, 0.15) is 9.84 Å². The van der Waals surface area contributed by atoms with Gasteiger partial charge in [-0.3, -0.25) is 0 Å². The maximum atomic E-state index is 10.9. The van der Waals surface area contributed by atoms with Crippen molar-refractivity contribution >= 4 is 21.2 Å². The second kappa shape index (κ2) is 5.09. The number of hydrogen-bond donors (Lipinski definition) is 1. The van der Waals surface area contributed by atoms with Gasteiger partial charge in [-0.1, -0.05) is 0 Å². The fraction of sp³-hybridized carbons (Fsp3) is 0.600.